The van der Waals surface area contributed by atoms with Gasteiger partial charge in [-0.25, -0.2) is 4.79 Å². The van der Waals surface area contributed by atoms with E-state index >= 15 is 0 Å². The fourth-order valence-corrected chi connectivity index (χ4v) is 13.5. The maximum Gasteiger partial charge on any atom is 0.338 e. The Balaban J connectivity index is 1.84. The third-order valence-corrected chi connectivity index (χ3v) is 15.9. The van der Waals surface area contributed by atoms with Crippen molar-refractivity contribution in [3.05, 3.63) is 47.5 Å². The molecule has 4 aliphatic carbocycles. The summed E-state index contributed by atoms with van der Waals surface area (Å²) in [7, 11) is 2.43. The standard InChI is InChI=1S/C47H60O16/c1-24-18-34(59-28(5)49)44(10)35(60-29(6)50)21-42(8)22-46(44,63-41(42)55)47(24)25(2)38(61-30(7)51)45(23-58-27(4)48)33(19-36(52)56-11)43(9,26(3)39(53)57-12)20-32(37(45)47)62-40(54)31-16-14-13-15-17-31/h13-18,25-26,32-35,37-38H,19-23H2,1-12H3/t25-,26?,32+,33?,34-,35-,37-,38-,42-,43+,44-,45-,46+,47-/m0/s1. The van der Waals surface area contributed by atoms with Gasteiger partial charge < -0.3 is 37.9 Å². The van der Waals surface area contributed by atoms with Gasteiger partial charge in [-0.1, -0.05) is 44.5 Å². The molecule has 2 unspecified atom stereocenters. The number of esters is 8. The highest BCUT2D eigenvalue weighted by molar-refractivity contribution is 5.89. The molecule has 6 rings (SSSR count). The van der Waals surface area contributed by atoms with Gasteiger partial charge in [0.2, 0.25) is 0 Å². The molecule has 1 aromatic carbocycles. The van der Waals surface area contributed by atoms with Gasteiger partial charge in [-0.15, -0.1) is 0 Å². The predicted molar refractivity (Wildman–Crippen MR) is 219 cm³/mol. The average molecular weight is 881 g/mol. The minimum Gasteiger partial charge on any atom is -0.469 e. The molecule has 1 aromatic rings. The molecule has 3 saturated carbocycles. The topological polar surface area (TPSA) is 210 Å². The molecule has 16 heteroatoms. The van der Waals surface area contributed by atoms with E-state index in [4.69, 9.17) is 37.9 Å². The smallest absolute Gasteiger partial charge is 0.338 e. The van der Waals surface area contributed by atoms with Crippen molar-refractivity contribution >= 4 is 47.8 Å². The summed E-state index contributed by atoms with van der Waals surface area (Å²) in [6.07, 6.45) is -3.81. The fraction of sp³-hybridized carbons (Fsp3) is 0.660. The Morgan fingerprint density at radius 1 is 0.825 bits per heavy atom. The van der Waals surface area contributed by atoms with Crippen LogP contribution in [0.4, 0.5) is 0 Å². The highest BCUT2D eigenvalue weighted by Gasteiger charge is 2.90. The molecule has 63 heavy (non-hydrogen) atoms. The van der Waals surface area contributed by atoms with E-state index in [9.17, 15) is 38.4 Å². The molecule has 5 aliphatic rings. The number of fused-ring (bicyclic) bond motifs is 3. The molecular weight excluding hydrogens is 821 g/mol. The molecule has 0 amide bonds. The van der Waals surface area contributed by atoms with Gasteiger partial charge >= 0.3 is 47.8 Å². The summed E-state index contributed by atoms with van der Waals surface area (Å²) in [4.78, 5) is 110. The number of hydrogen-bond donors (Lipinski definition) is 0. The van der Waals surface area contributed by atoms with Crippen molar-refractivity contribution in [3.8, 4) is 0 Å². The van der Waals surface area contributed by atoms with E-state index in [1.165, 1.54) is 41.9 Å². The molecule has 14 atom stereocenters. The summed E-state index contributed by atoms with van der Waals surface area (Å²) in [6, 6.07) is 8.20. The van der Waals surface area contributed by atoms with Crippen LogP contribution in [0.5, 0.6) is 0 Å². The molecule has 2 spiro atoms. The number of ether oxygens (including phenoxy) is 8. The Labute approximate surface area is 367 Å². The molecule has 1 heterocycles. The molecule has 1 saturated heterocycles. The largest absolute Gasteiger partial charge is 0.469 e. The van der Waals surface area contributed by atoms with Crippen molar-refractivity contribution < 1.29 is 76.3 Å². The van der Waals surface area contributed by atoms with Crippen LogP contribution in [-0.2, 0) is 71.5 Å². The first-order chi connectivity index (χ1) is 29.4. The highest BCUT2D eigenvalue weighted by Crippen LogP contribution is 2.82. The first kappa shape index (κ1) is 47.2. The van der Waals surface area contributed by atoms with Crippen LogP contribution in [0, 0.1) is 50.7 Å². The van der Waals surface area contributed by atoms with Gasteiger partial charge in [0.25, 0.3) is 0 Å². The lowest BCUT2D eigenvalue weighted by molar-refractivity contribution is -0.281. The number of benzene rings is 1. The second-order valence-electron chi connectivity index (χ2n) is 19.1. The van der Waals surface area contributed by atoms with Crippen LogP contribution in [0.3, 0.4) is 0 Å². The van der Waals surface area contributed by atoms with Crippen molar-refractivity contribution in [2.24, 2.45) is 50.7 Å². The zero-order valence-electron chi connectivity index (χ0n) is 38.2. The Morgan fingerprint density at radius 3 is 2.00 bits per heavy atom. The Morgan fingerprint density at radius 2 is 1.44 bits per heavy atom. The summed E-state index contributed by atoms with van der Waals surface area (Å²) in [5.41, 5.74) is -8.87. The highest BCUT2D eigenvalue weighted by atomic mass is 16.6. The van der Waals surface area contributed by atoms with Gasteiger partial charge in [-0.2, -0.15) is 0 Å². The average Bonchev–Trinajstić information content (AvgIpc) is 3.58. The van der Waals surface area contributed by atoms with E-state index in [0.717, 1.165) is 0 Å². The van der Waals surface area contributed by atoms with Gasteiger partial charge in [0, 0.05) is 64.2 Å². The number of rotatable bonds is 11. The van der Waals surface area contributed by atoms with E-state index in [2.05, 4.69) is 0 Å². The number of carbonyl (C=O) groups is 8. The van der Waals surface area contributed by atoms with Crippen LogP contribution in [0.15, 0.2) is 42.0 Å². The Kier molecular flexibility index (Phi) is 12.3. The summed E-state index contributed by atoms with van der Waals surface area (Å²) in [6.45, 7) is 14.7. The molecule has 344 valence electrons. The molecule has 4 fully saturated rings. The first-order valence-electron chi connectivity index (χ1n) is 21.4. The van der Waals surface area contributed by atoms with Gasteiger partial charge in [0.1, 0.15) is 36.6 Å². The predicted octanol–water partition coefficient (Wildman–Crippen LogP) is 5.27. The second kappa shape index (κ2) is 16.4. The van der Waals surface area contributed by atoms with Crippen LogP contribution in [-0.4, -0.2) is 98.6 Å². The molecule has 16 nitrogen and oxygen atoms in total. The van der Waals surface area contributed by atoms with E-state index < -0.39 is 142 Å². The van der Waals surface area contributed by atoms with Crippen molar-refractivity contribution in [2.45, 2.75) is 125 Å². The minimum absolute atomic E-state index is 0.0124. The summed E-state index contributed by atoms with van der Waals surface area (Å²) >= 11 is 0. The third-order valence-electron chi connectivity index (χ3n) is 15.9. The van der Waals surface area contributed by atoms with Crippen molar-refractivity contribution in [3.63, 3.8) is 0 Å². The second-order valence-corrected chi connectivity index (χ2v) is 19.1. The zero-order valence-corrected chi connectivity index (χ0v) is 38.2. The molecule has 1 aliphatic heterocycles. The van der Waals surface area contributed by atoms with E-state index in [1.54, 1.807) is 78.0 Å². The fourth-order valence-electron chi connectivity index (χ4n) is 13.5. The molecule has 0 aromatic heterocycles. The molecule has 0 N–H and O–H groups in total. The van der Waals surface area contributed by atoms with Crippen LogP contribution in [0.1, 0.15) is 105 Å². The maximum absolute atomic E-state index is 14.7. The minimum atomic E-state index is -1.83. The summed E-state index contributed by atoms with van der Waals surface area (Å²) < 4.78 is 49.3. The summed E-state index contributed by atoms with van der Waals surface area (Å²) in [5, 5.41) is 0. The van der Waals surface area contributed by atoms with Crippen molar-refractivity contribution in [1.29, 1.82) is 0 Å². The monoisotopic (exact) mass is 880 g/mol. The zero-order chi connectivity index (χ0) is 46.8. The van der Waals surface area contributed by atoms with Gasteiger partial charge in [-0.05, 0) is 56.7 Å². The van der Waals surface area contributed by atoms with E-state index in [0.29, 0.717) is 5.57 Å². The maximum atomic E-state index is 14.7. The summed E-state index contributed by atoms with van der Waals surface area (Å²) in [5.74, 6) is -9.89. The number of hydrogen-bond acceptors (Lipinski definition) is 16. The van der Waals surface area contributed by atoms with Gasteiger partial charge in [0.05, 0.1) is 41.9 Å². The number of carbonyl (C=O) groups excluding carboxylic acids is 8. The Hall–Kier alpha value is -5.28. The lowest BCUT2D eigenvalue weighted by Crippen LogP contribution is -2.76. The van der Waals surface area contributed by atoms with Crippen molar-refractivity contribution in [2.75, 3.05) is 20.8 Å². The lowest BCUT2D eigenvalue weighted by atomic mass is 9.37. The van der Waals surface area contributed by atoms with E-state index in [1.807, 2.05) is 0 Å². The quantitative estimate of drug-likeness (QED) is 0.157. The molecular formula is C47H60O16. The van der Waals surface area contributed by atoms with Gasteiger partial charge in [-0.3, -0.25) is 33.6 Å². The SMILES string of the molecule is COC(=O)CC1[C@@](C)(C(C)C(=O)OC)C[C@@H](OC(=O)c2ccccc2)[C@H]2[C@@]1(COC(C)=O)[C@@H](OC(C)=O)[C@H](C)[C@@]21C(C)=C[C@H](OC(C)=O)[C@@]2(C)[C@@H](OC(C)=O)C[C@@]3(C)C[C@@]21OC3=O. The normalized spacial score (nSPS) is 39.0. The lowest BCUT2D eigenvalue weighted by Gasteiger charge is -2.68. The molecule has 2 bridgehead atoms. The van der Waals surface area contributed by atoms with Crippen LogP contribution in [0.2, 0.25) is 0 Å². The van der Waals surface area contributed by atoms with Crippen LogP contribution in [0.25, 0.3) is 0 Å². The van der Waals surface area contributed by atoms with Crippen LogP contribution >= 0.6 is 0 Å². The number of methoxy groups -OCH3 is 2. The van der Waals surface area contributed by atoms with E-state index in [-0.39, 0.29) is 24.8 Å². The molecule has 0 radical (unpaired) electrons. The Bertz CT molecular complexity index is 2110. The van der Waals surface area contributed by atoms with Crippen molar-refractivity contribution in [1.82, 2.24) is 0 Å². The van der Waals surface area contributed by atoms with Gasteiger partial charge in [0.15, 0.2) is 0 Å². The van der Waals surface area contributed by atoms with Crippen LogP contribution < -0.4 is 0 Å². The third kappa shape index (κ3) is 6.83. The first-order valence-corrected chi connectivity index (χ1v) is 21.4.